The lowest BCUT2D eigenvalue weighted by atomic mass is 9.53. The van der Waals surface area contributed by atoms with E-state index in [1.54, 1.807) is 0 Å². The molecule has 0 spiro atoms. The minimum Gasteiger partial charge on any atom is -0.483 e. The van der Waals surface area contributed by atoms with Gasteiger partial charge in [0.15, 0.2) is 5.76 Å². The van der Waals surface area contributed by atoms with E-state index in [0.29, 0.717) is 18.2 Å². The Kier molecular flexibility index (Phi) is 6.60. The molecule has 2 aliphatic carbocycles. The second-order valence-electron chi connectivity index (χ2n) is 7.78. The third kappa shape index (κ3) is 4.83. The van der Waals surface area contributed by atoms with Crippen molar-refractivity contribution >= 4 is 39.0 Å². The van der Waals surface area contributed by atoms with Gasteiger partial charge in [0.2, 0.25) is 16.0 Å². The first-order valence-electron chi connectivity index (χ1n) is 10.4. The molecule has 13 heteroatoms. The quantitative estimate of drug-likeness (QED) is 0.224. The van der Waals surface area contributed by atoms with Gasteiger partial charge in [-0.05, 0) is 43.9 Å². The third-order valence-corrected chi connectivity index (χ3v) is 6.57. The standard InChI is InChI=1S/C20H25N7O5S/c1-30-8-9-31-15-12(25-20-5-2-11(20)3-6-20)10-13(32-17(15)29)16(28)24-19-27-26-18(33-19)23-14(22)4-7-21/h4,7,10-11,25H,2-3,5-6,8-9,21H2,1H3,(H2,22,23,26)(H,24,27,28). The zero-order chi connectivity index (χ0) is 23.4. The lowest BCUT2D eigenvalue weighted by Crippen LogP contribution is -2.60. The number of aliphatic imine (C=N–C) groups is 1. The Balaban J connectivity index is 1.54. The Hall–Kier alpha value is -3.45. The van der Waals surface area contributed by atoms with Crippen LogP contribution in [-0.4, -0.2) is 47.8 Å². The van der Waals surface area contributed by atoms with Crippen molar-refractivity contribution in [2.75, 3.05) is 31.0 Å². The van der Waals surface area contributed by atoms with Gasteiger partial charge in [0.05, 0.1) is 12.3 Å². The highest BCUT2D eigenvalue weighted by Gasteiger charge is 2.53. The second-order valence-corrected chi connectivity index (χ2v) is 8.73. The molecule has 0 aliphatic heterocycles. The van der Waals surface area contributed by atoms with Crippen LogP contribution in [0.4, 0.5) is 16.0 Å². The van der Waals surface area contributed by atoms with E-state index in [2.05, 4.69) is 25.8 Å². The van der Waals surface area contributed by atoms with Gasteiger partial charge < -0.3 is 30.7 Å². The Bertz CT molecular complexity index is 1130. The normalized spacial score (nSPS) is 21.7. The molecule has 0 aromatic carbocycles. The van der Waals surface area contributed by atoms with E-state index in [-0.39, 0.29) is 39.8 Å². The Morgan fingerprint density at radius 2 is 2.18 bits per heavy atom. The number of nitrogens with zero attached hydrogens (tertiary/aromatic N) is 3. The Morgan fingerprint density at radius 3 is 2.82 bits per heavy atom. The number of methoxy groups -OCH3 is 1. The molecule has 2 heterocycles. The van der Waals surface area contributed by atoms with E-state index in [1.165, 1.54) is 25.5 Å². The van der Waals surface area contributed by atoms with Gasteiger partial charge in [-0.25, -0.2) is 9.79 Å². The maximum absolute atomic E-state index is 12.8. The summed E-state index contributed by atoms with van der Waals surface area (Å²) in [6, 6.07) is 1.48. The maximum Gasteiger partial charge on any atom is 0.381 e. The van der Waals surface area contributed by atoms with Crippen molar-refractivity contribution in [3.05, 3.63) is 34.5 Å². The first-order chi connectivity index (χ1) is 15.9. The van der Waals surface area contributed by atoms with Gasteiger partial charge in [0.25, 0.3) is 5.91 Å². The van der Waals surface area contributed by atoms with Crippen molar-refractivity contribution in [2.24, 2.45) is 22.4 Å². The average molecular weight is 476 g/mol. The summed E-state index contributed by atoms with van der Waals surface area (Å²) >= 11 is 0.997. The molecule has 0 unspecified atom stereocenters. The highest BCUT2D eigenvalue weighted by molar-refractivity contribution is 7.18. The first-order valence-corrected chi connectivity index (χ1v) is 11.2. The van der Waals surface area contributed by atoms with E-state index in [1.807, 2.05) is 0 Å². The minimum atomic E-state index is -0.753. The average Bonchev–Trinajstić information content (AvgIpc) is 3.20. The highest BCUT2D eigenvalue weighted by Crippen LogP contribution is 2.55. The number of amidine groups is 1. The van der Waals surface area contributed by atoms with Crippen molar-refractivity contribution in [3.63, 3.8) is 0 Å². The molecule has 0 bridgehead atoms. The SMILES string of the molecule is COCCOc1c(NC23CCC2CC3)cc(C(=O)Nc2nnc(N=C(N)C=CN)s2)oc1=O. The van der Waals surface area contributed by atoms with Crippen molar-refractivity contribution < 1.29 is 18.7 Å². The smallest absolute Gasteiger partial charge is 0.381 e. The summed E-state index contributed by atoms with van der Waals surface area (Å²) in [5, 5.41) is 14.1. The summed E-state index contributed by atoms with van der Waals surface area (Å²) in [6.45, 7) is 0.483. The number of nitrogens with two attached hydrogens (primary N) is 2. The van der Waals surface area contributed by atoms with E-state index >= 15 is 0 Å². The van der Waals surface area contributed by atoms with Crippen LogP contribution in [0.3, 0.4) is 0 Å². The van der Waals surface area contributed by atoms with Gasteiger partial charge in [-0.2, -0.15) is 0 Å². The predicted molar refractivity (Wildman–Crippen MR) is 123 cm³/mol. The first kappa shape index (κ1) is 22.7. The number of fused-ring (bicyclic) bond motifs is 1. The van der Waals surface area contributed by atoms with Crippen LogP contribution in [0, 0.1) is 5.92 Å². The lowest BCUT2D eigenvalue weighted by Gasteiger charge is -2.59. The zero-order valence-electron chi connectivity index (χ0n) is 18.0. The maximum atomic E-state index is 12.8. The molecule has 0 radical (unpaired) electrons. The highest BCUT2D eigenvalue weighted by atomic mass is 32.1. The van der Waals surface area contributed by atoms with Crippen molar-refractivity contribution in [2.45, 2.75) is 31.2 Å². The molecular weight excluding hydrogens is 450 g/mol. The molecule has 2 fully saturated rings. The van der Waals surface area contributed by atoms with Gasteiger partial charge in [-0.3, -0.25) is 10.1 Å². The van der Waals surface area contributed by atoms with Gasteiger partial charge in [0, 0.05) is 18.7 Å². The second kappa shape index (κ2) is 9.58. The zero-order valence-corrected chi connectivity index (χ0v) is 18.8. The number of rotatable bonds is 10. The van der Waals surface area contributed by atoms with Gasteiger partial charge in [-0.15, -0.1) is 10.2 Å². The number of aromatic nitrogens is 2. The number of amides is 1. The molecule has 6 N–H and O–H groups in total. The summed E-state index contributed by atoms with van der Waals surface area (Å²) in [7, 11) is 1.54. The van der Waals surface area contributed by atoms with Crippen molar-refractivity contribution in [3.8, 4) is 5.75 Å². The van der Waals surface area contributed by atoms with Crippen molar-refractivity contribution in [1.82, 2.24) is 10.2 Å². The molecule has 2 aromatic rings. The van der Waals surface area contributed by atoms with Crippen LogP contribution in [0.15, 0.2) is 32.5 Å². The van der Waals surface area contributed by atoms with Crippen LogP contribution >= 0.6 is 11.3 Å². The van der Waals surface area contributed by atoms with Gasteiger partial charge >= 0.3 is 5.63 Å². The van der Waals surface area contributed by atoms with Crippen LogP contribution in [0.2, 0.25) is 0 Å². The number of anilines is 2. The summed E-state index contributed by atoms with van der Waals surface area (Å²) in [6.07, 6.45) is 6.95. The van der Waals surface area contributed by atoms with Crippen LogP contribution in [0.5, 0.6) is 5.75 Å². The Labute approximate surface area is 193 Å². The molecular formula is C20H25N7O5S. The molecule has 2 aliphatic rings. The molecule has 1 amide bonds. The van der Waals surface area contributed by atoms with E-state index in [9.17, 15) is 9.59 Å². The number of carbonyl (C=O) groups is 1. The summed E-state index contributed by atoms with van der Waals surface area (Å²) in [4.78, 5) is 29.4. The van der Waals surface area contributed by atoms with Crippen LogP contribution in [0.1, 0.15) is 36.2 Å². The topological polar surface area (TPSA) is 180 Å². The number of carbonyl (C=O) groups excluding carboxylic acids is 1. The number of hydrogen-bond acceptors (Lipinski definition) is 11. The van der Waals surface area contributed by atoms with Gasteiger partial charge in [-0.1, -0.05) is 11.3 Å². The largest absolute Gasteiger partial charge is 0.483 e. The van der Waals surface area contributed by atoms with E-state index in [0.717, 1.165) is 37.0 Å². The van der Waals surface area contributed by atoms with Crippen LogP contribution in [0.25, 0.3) is 0 Å². The van der Waals surface area contributed by atoms with Crippen molar-refractivity contribution in [1.29, 1.82) is 0 Å². The fourth-order valence-electron chi connectivity index (χ4n) is 3.93. The minimum absolute atomic E-state index is 0.0338. The molecule has 0 saturated heterocycles. The molecule has 33 heavy (non-hydrogen) atoms. The summed E-state index contributed by atoms with van der Waals surface area (Å²) < 4.78 is 15.8. The number of hydrogen-bond donors (Lipinski definition) is 4. The molecule has 4 rings (SSSR count). The number of nitrogens with one attached hydrogen (secondary N) is 2. The molecule has 176 valence electrons. The Morgan fingerprint density at radius 1 is 1.39 bits per heavy atom. The van der Waals surface area contributed by atoms with E-state index < -0.39 is 11.5 Å². The summed E-state index contributed by atoms with van der Waals surface area (Å²) in [5.41, 5.74) is 10.5. The lowest BCUT2D eigenvalue weighted by molar-refractivity contribution is 0.0351. The fourth-order valence-corrected chi connectivity index (χ4v) is 4.56. The van der Waals surface area contributed by atoms with Gasteiger partial charge in [0.1, 0.15) is 12.4 Å². The molecule has 2 saturated carbocycles. The molecule has 2 aromatic heterocycles. The third-order valence-electron chi connectivity index (χ3n) is 5.84. The van der Waals surface area contributed by atoms with Crippen LogP contribution < -0.4 is 32.5 Å². The fraction of sp³-hybridized carbons (Fsp3) is 0.450. The monoisotopic (exact) mass is 475 g/mol. The van der Waals surface area contributed by atoms with E-state index in [4.69, 9.17) is 25.4 Å². The predicted octanol–water partition coefficient (Wildman–Crippen LogP) is 1.58. The number of ether oxygens (including phenoxy) is 2. The molecule has 0 atom stereocenters. The summed E-state index contributed by atoms with van der Waals surface area (Å²) in [5.74, 6) is -0.0976. The van der Waals surface area contributed by atoms with Crippen LogP contribution in [-0.2, 0) is 4.74 Å². The molecule has 12 nitrogen and oxygen atoms in total.